The van der Waals surface area contributed by atoms with Crippen LogP contribution in [0.3, 0.4) is 0 Å². The molecule has 0 aliphatic rings. The van der Waals surface area contributed by atoms with Gasteiger partial charge in [0.05, 0.1) is 11.6 Å². The van der Waals surface area contributed by atoms with Gasteiger partial charge in [0.25, 0.3) is 0 Å². The van der Waals surface area contributed by atoms with Gasteiger partial charge in [0.1, 0.15) is 0 Å². The van der Waals surface area contributed by atoms with Crippen molar-refractivity contribution in [1.82, 2.24) is 5.32 Å². The van der Waals surface area contributed by atoms with E-state index in [-0.39, 0.29) is 18.6 Å². The van der Waals surface area contributed by atoms with Gasteiger partial charge in [0.15, 0.2) is 0 Å². The maximum atomic E-state index is 11.5. The standard InChI is InChI=1S/C14H16N2O2/c1-11(8-9-17)16-14(18)7-6-12-4-2-3-5-13(12)10-15/h2-7,11,17H,8-9H2,1H3,(H,16,18)/b7-6+/t11-/m0/s1. The van der Waals surface area contributed by atoms with Crippen LogP contribution in [0.15, 0.2) is 30.3 Å². The molecule has 94 valence electrons. The molecular formula is C14H16N2O2. The van der Waals surface area contributed by atoms with Crippen LogP contribution in [0.5, 0.6) is 0 Å². The molecule has 0 fully saturated rings. The van der Waals surface area contributed by atoms with E-state index in [2.05, 4.69) is 11.4 Å². The summed E-state index contributed by atoms with van der Waals surface area (Å²) in [4.78, 5) is 11.5. The van der Waals surface area contributed by atoms with E-state index in [9.17, 15) is 4.79 Å². The predicted octanol–water partition coefficient (Wildman–Crippen LogP) is 1.46. The third kappa shape index (κ3) is 4.40. The number of carbonyl (C=O) groups excluding carboxylic acids is 1. The van der Waals surface area contributed by atoms with Crippen molar-refractivity contribution < 1.29 is 9.90 Å². The van der Waals surface area contributed by atoms with Crippen LogP contribution < -0.4 is 5.32 Å². The van der Waals surface area contributed by atoms with E-state index in [0.29, 0.717) is 17.5 Å². The molecule has 0 bridgehead atoms. The number of hydrogen-bond acceptors (Lipinski definition) is 3. The fourth-order valence-corrected chi connectivity index (χ4v) is 1.47. The van der Waals surface area contributed by atoms with Crippen molar-refractivity contribution in [2.24, 2.45) is 0 Å². The first-order valence-electron chi connectivity index (χ1n) is 5.76. The molecule has 1 aromatic rings. The minimum Gasteiger partial charge on any atom is -0.396 e. The van der Waals surface area contributed by atoms with Crippen molar-refractivity contribution in [1.29, 1.82) is 5.26 Å². The Morgan fingerprint density at radius 3 is 2.94 bits per heavy atom. The molecule has 2 N–H and O–H groups in total. The average molecular weight is 244 g/mol. The zero-order valence-electron chi connectivity index (χ0n) is 10.3. The molecule has 0 spiro atoms. The van der Waals surface area contributed by atoms with Gasteiger partial charge < -0.3 is 10.4 Å². The van der Waals surface area contributed by atoms with Crippen molar-refractivity contribution in [2.75, 3.05) is 6.61 Å². The topological polar surface area (TPSA) is 73.1 Å². The van der Waals surface area contributed by atoms with E-state index >= 15 is 0 Å². The third-order valence-electron chi connectivity index (χ3n) is 2.45. The highest BCUT2D eigenvalue weighted by atomic mass is 16.3. The van der Waals surface area contributed by atoms with Gasteiger partial charge in [-0.2, -0.15) is 5.26 Å². The van der Waals surface area contributed by atoms with Crippen molar-refractivity contribution in [3.8, 4) is 6.07 Å². The summed E-state index contributed by atoms with van der Waals surface area (Å²) in [5.41, 5.74) is 1.25. The summed E-state index contributed by atoms with van der Waals surface area (Å²) in [6, 6.07) is 9.06. The van der Waals surface area contributed by atoms with Gasteiger partial charge in [-0.25, -0.2) is 0 Å². The lowest BCUT2D eigenvalue weighted by Gasteiger charge is -2.09. The van der Waals surface area contributed by atoms with Crippen LogP contribution in [0.4, 0.5) is 0 Å². The zero-order valence-corrected chi connectivity index (χ0v) is 10.3. The van der Waals surface area contributed by atoms with Gasteiger partial charge in [-0.15, -0.1) is 0 Å². The normalized spacial score (nSPS) is 12.1. The molecule has 1 rings (SSSR count). The minimum atomic E-state index is -0.233. The molecule has 4 nitrogen and oxygen atoms in total. The van der Waals surface area contributed by atoms with Crippen molar-refractivity contribution >= 4 is 12.0 Å². The Morgan fingerprint density at radius 2 is 2.28 bits per heavy atom. The maximum absolute atomic E-state index is 11.5. The summed E-state index contributed by atoms with van der Waals surface area (Å²) in [5, 5.41) is 20.3. The summed E-state index contributed by atoms with van der Waals surface area (Å²) in [7, 11) is 0. The van der Waals surface area contributed by atoms with E-state index in [1.807, 2.05) is 13.0 Å². The Kier molecular flexibility index (Phi) is 5.62. The Hall–Kier alpha value is -2.12. The smallest absolute Gasteiger partial charge is 0.244 e. The second-order valence-electron chi connectivity index (χ2n) is 3.95. The first kappa shape index (κ1) is 13.9. The molecule has 0 heterocycles. The first-order valence-corrected chi connectivity index (χ1v) is 5.76. The fraction of sp³-hybridized carbons (Fsp3) is 0.286. The SMILES string of the molecule is C[C@@H](CCO)NC(=O)/C=C/c1ccccc1C#N. The van der Waals surface area contributed by atoms with Crippen LogP contribution in [0.25, 0.3) is 6.08 Å². The molecule has 1 atom stereocenters. The van der Waals surface area contributed by atoms with Gasteiger partial charge in [-0.05, 0) is 31.1 Å². The number of benzene rings is 1. The third-order valence-corrected chi connectivity index (χ3v) is 2.45. The number of nitrogens with zero attached hydrogens (tertiary/aromatic N) is 1. The van der Waals surface area contributed by atoms with Crippen LogP contribution in [0.1, 0.15) is 24.5 Å². The zero-order chi connectivity index (χ0) is 13.4. The van der Waals surface area contributed by atoms with Gasteiger partial charge in [0, 0.05) is 18.7 Å². The molecule has 1 aromatic carbocycles. The Bertz CT molecular complexity index is 475. The summed E-state index contributed by atoms with van der Waals surface area (Å²) in [6.45, 7) is 1.87. The van der Waals surface area contributed by atoms with E-state index in [0.717, 1.165) is 0 Å². The van der Waals surface area contributed by atoms with Crippen molar-refractivity contribution in [3.05, 3.63) is 41.5 Å². The average Bonchev–Trinajstić information content (AvgIpc) is 2.37. The van der Waals surface area contributed by atoms with Gasteiger partial charge in [-0.3, -0.25) is 4.79 Å². The van der Waals surface area contributed by atoms with E-state index in [4.69, 9.17) is 10.4 Å². The Balaban J connectivity index is 2.64. The van der Waals surface area contributed by atoms with E-state index in [1.165, 1.54) is 6.08 Å². The monoisotopic (exact) mass is 244 g/mol. The molecular weight excluding hydrogens is 228 g/mol. The number of hydrogen-bond donors (Lipinski definition) is 2. The second-order valence-corrected chi connectivity index (χ2v) is 3.95. The number of aliphatic hydroxyl groups is 1. The molecule has 0 aliphatic heterocycles. The molecule has 4 heteroatoms. The van der Waals surface area contributed by atoms with Crippen molar-refractivity contribution in [3.63, 3.8) is 0 Å². The van der Waals surface area contributed by atoms with Crippen LogP contribution in [0.2, 0.25) is 0 Å². The molecule has 0 saturated heterocycles. The van der Waals surface area contributed by atoms with Gasteiger partial charge in [0.2, 0.25) is 5.91 Å². The highest BCUT2D eigenvalue weighted by Gasteiger charge is 2.03. The molecule has 0 aromatic heterocycles. The summed E-state index contributed by atoms with van der Waals surface area (Å²) in [5.74, 6) is -0.233. The molecule has 0 radical (unpaired) electrons. The van der Waals surface area contributed by atoms with Gasteiger partial charge >= 0.3 is 0 Å². The lowest BCUT2D eigenvalue weighted by atomic mass is 10.1. The van der Waals surface area contributed by atoms with Crippen LogP contribution in [-0.2, 0) is 4.79 Å². The number of aliphatic hydroxyl groups excluding tert-OH is 1. The molecule has 18 heavy (non-hydrogen) atoms. The largest absolute Gasteiger partial charge is 0.396 e. The van der Waals surface area contributed by atoms with Gasteiger partial charge in [-0.1, -0.05) is 18.2 Å². The fourth-order valence-electron chi connectivity index (χ4n) is 1.47. The lowest BCUT2D eigenvalue weighted by Crippen LogP contribution is -2.31. The summed E-state index contributed by atoms with van der Waals surface area (Å²) in [6.07, 6.45) is 3.53. The summed E-state index contributed by atoms with van der Waals surface area (Å²) < 4.78 is 0. The summed E-state index contributed by atoms with van der Waals surface area (Å²) >= 11 is 0. The van der Waals surface area contributed by atoms with Crippen LogP contribution in [0, 0.1) is 11.3 Å². The molecule has 0 aliphatic carbocycles. The minimum absolute atomic E-state index is 0.0441. The van der Waals surface area contributed by atoms with Crippen molar-refractivity contribution in [2.45, 2.75) is 19.4 Å². The maximum Gasteiger partial charge on any atom is 0.244 e. The Morgan fingerprint density at radius 1 is 1.56 bits per heavy atom. The molecule has 1 amide bonds. The number of rotatable bonds is 5. The Labute approximate surface area is 107 Å². The highest BCUT2D eigenvalue weighted by Crippen LogP contribution is 2.08. The number of carbonyl (C=O) groups is 1. The van der Waals surface area contributed by atoms with E-state index in [1.54, 1.807) is 24.3 Å². The second kappa shape index (κ2) is 7.25. The first-order chi connectivity index (χ1) is 8.67. The predicted molar refractivity (Wildman–Crippen MR) is 69.5 cm³/mol. The molecule has 0 saturated carbocycles. The van der Waals surface area contributed by atoms with Crippen LogP contribution in [-0.4, -0.2) is 23.7 Å². The number of nitriles is 1. The van der Waals surface area contributed by atoms with E-state index < -0.39 is 0 Å². The number of nitrogens with one attached hydrogen (secondary N) is 1. The lowest BCUT2D eigenvalue weighted by molar-refractivity contribution is -0.117. The molecule has 0 unspecified atom stereocenters. The quantitative estimate of drug-likeness (QED) is 0.770. The highest BCUT2D eigenvalue weighted by molar-refractivity contribution is 5.92. The number of amides is 1. The van der Waals surface area contributed by atoms with Crippen LogP contribution >= 0.6 is 0 Å².